The summed E-state index contributed by atoms with van der Waals surface area (Å²) in [5.41, 5.74) is 10.0. The van der Waals surface area contributed by atoms with Gasteiger partial charge in [-0.05, 0) is 68.7 Å². The predicted octanol–water partition coefficient (Wildman–Crippen LogP) is 12.7. The number of nitrogens with zero attached hydrogens (tertiary/aromatic N) is 2. The number of fused-ring (bicyclic) bond motifs is 1. The molecule has 0 amide bonds. The van der Waals surface area contributed by atoms with Gasteiger partial charge in [-0.3, -0.25) is 9.78 Å². The molecule has 49 heavy (non-hydrogen) atoms. The van der Waals surface area contributed by atoms with Gasteiger partial charge in [-0.1, -0.05) is 85.7 Å². The number of hydrogen-bond donors (Lipinski definition) is 1. The van der Waals surface area contributed by atoms with Crippen molar-refractivity contribution in [2.75, 3.05) is 0 Å². The quantitative estimate of drug-likeness (QED) is 0.0863. The van der Waals surface area contributed by atoms with E-state index in [0.29, 0.717) is 0 Å². The summed E-state index contributed by atoms with van der Waals surface area (Å²) >= 11 is 3.69. The number of carbonyl (C=O) groups excluding carboxylic acids is 1. The average molecular weight is 872 g/mol. The molecule has 0 bridgehead atoms. The first kappa shape index (κ1) is 40.5. The fraction of sp³-hybridized carbons (Fsp3) is 0.405. The van der Waals surface area contributed by atoms with Crippen LogP contribution in [0.25, 0.3) is 41.7 Å². The molecule has 1 N–H and O–H groups in total. The van der Waals surface area contributed by atoms with E-state index in [0.717, 1.165) is 52.7 Å². The summed E-state index contributed by atoms with van der Waals surface area (Å²) in [4.78, 5) is 25.5. The molecule has 0 saturated carbocycles. The zero-order chi connectivity index (χ0) is 35.4. The van der Waals surface area contributed by atoms with Crippen molar-refractivity contribution in [2.24, 2.45) is 10.8 Å². The Morgan fingerprint density at radius 1 is 0.796 bits per heavy atom. The van der Waals surface area contributed by atoms with Gasteiger partial charge in [0.05, 0.1) is 5.52 Å². The Kier molecular flexibility index (Phi) is 13.9. The third kappa shape index (κ3) is 8.51. The van der Waals surface area contributed by atoms with E-state index in [1.165, 1.54) is 48.5 Å². The van der Waals surface area contributed by atoms with E-state index in [-0.39, 0.29) is 42.5 Å². The van der Waals surface area contributed by atoms with Crippen LogP contribution in [0.3, 0.4) is 0 Å². The van der Waals surface area contributed by atoms with E-state index >= 15 is 0 Å². The van der Waals surface area contributed by atoms with Gasteiger partial charge >= 0.3 is 0 Å². The molecule has 0 fully saturated rings. The van der Waals surface area contributed by atoms with E-state index in [4.69, 9.17) is 0 Å². The third-order valence-electron chi connectivity index (χ3n) is 10.4. The Morgan fingerprint density at radius 3 is 1.94 bits per heavy atom. The Hall–Kier alpha value is -2.96. The minimum absolute atomic E-state index is 0. The smallest absolute Gasteiger partial charge is 0.164 e. The molecule has 3 heterocycles. The van der Waals surface area contributed by atoms with Crippen LogP contribution in [0, 0.1) is 51.5 Å². The third-order valence-corrected chi connectivity index (χ3v) is 13.3. The van der Waals surface area contributed by atoms with Crippen molar-refractivity contribution in [1.29, 1.82) is 0 Å². The van der Waals surface area contributed by atoms with Crippen molar-refractivity contribution in [3.63, 3.8) is 0 Å². The minimum atomic E-state index is -0.337. The van der Waals surface area contributed by atoms with E-state index in [2.05, 4.69) is 93.1 Å². The molecular formula is C42H51IrN2O2S2-. The summed E-state index contributed by atoms with van der Waals surface area (Å²) in [6.45, 7) is 22.9. The number of ketones is 1. The molecule has 0 spiro atoms. The first-order chi connectivity index (χ1) is 22.7. The number of aliphatic hydroxyl groups is 1. The van der Waals surface area contributed by atoms with E-state index < -0.39 is 0 Å². The SMILES string of the molecule is CCC(C)(CC)C(=O)/C=C(\O)C(C)(CC)CC.Cc1[c-]c(-c2ncnc3c(C)c(-c4sc(-c5ccccc5)c(C)c4C)sc23)cc(C)c1.[Ir]. The van der Waals surface area contributed by atoms with E-state index in [1.54, 1.807) is 17.7 Å². The van der Waals surface area contributed by atoms with Crippen LogP contribution in [-0.4, -0.2) is 20.9 Å². The molecule has 0 aliphatic heterocycles. The van der Waals surface area contributed by atoms with Crippen LogP contribution >= 0.6 is 22.7 Å². The van der Waals surface area contributed by atoms with Gasteiger partial charge in [0.1, 0.15) is 12.1 Å². The van der Waals surface area contributed by atoms with Crippen molar-refractivity contribution in [2.45, 2.75) is 102 Å². The topological polar surface area (TPSA) is 63.1 Å². The summed E-state index contributed by atoms with van der Waals surface area (Å²) in [7, 11) is 0. The second kappa shape index (κ2) is 16.8. The number of benzene rings is 2. The van der Waals surface area contributed by atoms with Gasteiger partial charge in [0.2, 0.25) is 0 Å². The van der Waals surface area contributed by atoms with Gasteiger partial charge in [-0.15, -0.1) is 57.6 Å². The Morgan fingerprint density at radius 2 is 1.37 bits per heavy atom. The van der Waals surface area contributed by atoms with Crippen LogP contribution in [0.15, 0.2) is 60.6 Å². The zero-order valence-electron chi connectivity index (χ0n) is 30.9. The fourth-order valence-electron chi connectivity index (χ4n) is 5.82. The standard InChI is InChI=1S/C27H23N2S2.C15H28O2.Ir/c1-15-11-16(2)13-21(12-15)23-27-22(28-14-29-23)19(5)26(31-27)25-18(4)17(3)24(30-25)20-9-7-6-8-10-20;1-7-14(5,8-2)12(16)11-13(17)15(6,9-3)10-4;/h6-12,14H,1-5H3;11,16H,7-10H2,1-6H3;/q-1;;/b;12-11-;. The number of aromatic nitrogens is 2. The summed E-state index contributed by atoms with van der Waals surface area (Å²) in [5.74, 6) is 0.286. The molecule has 4 nitrogen and oxygen atoms in total. The second-order valence-electron chi connectivity index (χ2n) is 13.5. The number of carbonyl (C=O) groups is 1. The molecule has 263 valence electrons. The maximum Gasteiger partial charge on any atom is 0.164 e. The molecule has 3 aromatic heterocycles. The first-order valence-corrected chi connectivity index (χ1v) is 18.7. The van der Waals surface area contributed by atoms with Crippen LogP contribution in [0.5, 0.6) is 0 Å². The number of allylic oxidation sites excluding steroid dienone is 2. The Bertz CT molecular complexity index is 1910. The molecule has 0 unspecified atom stereocenters. The largest absolute Gasteiger partial charge is 0.512 e. The number of hydrogen-bond acceptors (Lipinski definition) is 6. The van der Waals surface area contributed by atoms with Gasteiger partial charge in [-0.2, -0.15) is 0 Å². The van der Waals surface area contributed by atoms with Crippen molar-refractivity contribution in [3.8, 4) is 31.5 Å². The van der Waals surface area contributed by atoms with Crippen LogP contribution in [0.4, 0.5) is 0 Å². The molecule has 0 saturated heterocycles. The average Bonchev–Trinajstić information content (AvgIpc) is 3.58. The predicted molar refractivity (Wildman–Crippen MR) is 207 cm³/mol. The van der Waals surface area contributed by atoms with Crippen molar-refractivity contribution in [3.05, 3.63) is 94.5 Å². The molecular weight excluding hydrogens is 821 g/mol. The van der Waals surface area contributed by atoms with Crippen LogP contribution < -0.4 is 0 Å². The van der Waals surface area contributed by atoms with Gasteiger partial charge in [-0.25, -0.2) is 4.98 Å². The maximum atomic E-state index is 12.2. The maximum absolute atomic E-state index is 12.2. The number of thiophene rings is 2. The van der Waals surface area contributed by atoms with E-state index in [1.807, 2.05) is 52.9 Å². The summed E-state index contributed by atoms with van der Waals surface area (Å²) in [6, 6.07) is 18.5. The van der Waals surface area contributed by atoms with Crippen LogP contribution in [0.1, 0.15) is 95.0 Å². The second-order valence-corrected chi connectivity index (χ2v) is 15.6. The molecule has 2 aromatic carbocycles. The number of aryl methyl sites for hydroxylation is 3. The normalized spacial score (nSPS) is 12.0. The van der Waals surface area contributed by atoms with Gasteiger partial charge in [0.15, 0.2) is 5.78 Å². The van der Waals surface area contributed by atoms with Crippen LogP contribution in [-0.2, 0) is 24.9 Å². The van der Waals surface area contributed by atoms with Gasteiger partial charge in [0, 0.05) is 62.0 Å². The molecule has 0 aliphatic rings. The number of rotatable bonds is 10. The van der Waals surface area contributed by atoms with Crippen LogP contribution in [0.2, 0.25) is 0 Å². The van der Waals surface area contributed by atoms with Crippen molar-refractivity contribution < 1.29 is 30.0 Å². The van der Waals surface area contributed by atoms with Crippen molar-refractivity contribution in [1.82, 2.24) is 9.97 Å². The fourth-order valence-corrected chi connectivity index (χ4v) is 8.64. The van der Waals surface area contributed by atoms with Gasteiger partial charge in [0.25, 0.3) is 0 Å². The van der Waals surface area contributed by atoms with E-state index in [9.17, 15) is 9.90 Å². The molecule has 0 aliphatic carbocycles. The molecule has 0 atom stereocenters. The first-order valence-electron chi connectivity index (χ1n) is 17.1. The Labute approximate surface area is 315 Å². The van der Waals surface area contributed by atoms with Gasteiger partial charge < -0.3 is 5.11 Å². The molecule has 1 radical (unpaired) electrons. The zero-order valence-corrected chi connectivity index (χ0v) is 35.0. The molecule has 5 rings (SSSR count). The Balaban J connectivity index is 0.000000312. The molecule has 5 aromatic rings. The summed E-state index contributed by atoms with van der Waals surface area (Å²) in [5, 5.41) is 10.1. The number of aliphatic hydroxyl groups excluding tert-OH is 1. The van der Waals surface area contributed by atoms with Crippen molar-refractivity contribution >= 4 is 38.7 Å². The molecule has 7 heteroatoms. The summed E-state index contributed by atoms with van der Waals surface area (Å²) in [6.07, 6.45) is 6.44. The monoisotopic (exact) mass is 872 g/mol. The summed E-state index contributed by atoms with van der Waals surface area (Å²) < 4.78 is 1.14. The minimum Gasteiger partial charge on any atom is -0.512 e.